The Morgan fingerprint density at radius 3 is 2.48 bits per heavy atom. The summed E-state index contributed by atoms with van der Waals surface area (Å²) in [4.78, 5) is 1.86. The van der Waals surface area contributed by atoms with E-state index in [1.165, 1.54) is 18.2 Å². The van der Waals surface area contributed by atoms with Gasteiger partial charge in [0.1, 0.15) is 5.76 Å². The van der Waals surface area contributed by atoms with E-state index in [1.807, 2.05) is 6.07 Å². The first-order valence-electron chi connectivity index (χ1n) is 8.12. The molecule has 1 N–H and O–H groups in total. The molecule has 1 atom stereocenters. The molecule has 1 aliphatic rings. The van der Waals surface area contributed by atoms with Crippen molar-refractivity contribution < 1.29 is 21.6 Å². The largest absolute Gasteiger partial charge is 0.468 e. The van der Waals surface area contributed by atoms with E-state index in [0.29, 0.717) is 6.54 Å². The Balaban J connectivity index is 1.82. The normalized spacial score (nSPS) is 17.1. The van der Waals surface area contributed by atoms with Crippen LogP contribution in [0.5, 0.6) is 0 Å². The van der Waals surface area contributed by atoms with Crippen molar-refractivity contribution in [3.8, 4) is 0 Å². The minimum Gasteiger partial charge on any atom is -0.468 e. The van der Waals surface area contributed by atoms with Crippen LogP contribution < -0.4 is 5.32 Å². The Morgan fingerprint density at radius 1 is 1.12 bits per heavy atom. The molecule has 1 aromatic carbocycles. The van der Waals surface area contributed by atoms with E-state index < -0.39 is 15.6 Å². The average Bonchev–Trinajstić information content (AvgIpc) is 3.29. The Kier molecular flexibility index (Phi) is 5.39. The number of halogens is 2. The molecule has 0 bridgehead atoms. The molecule has 1 fully saturated rings. The molecule has 3 rings (SSSR count). The molecule has 0 amide bonds. The molecule has 5 nitrogen and oxygen atoms in total. The van der Waals surface area contributed by atoms with Gasteiger partial charge in [0, 0.05) is 6.54 Å². The van der Waals surface area contributed by atoms with Crippen LogP contribution in [0.1, 0.15) is 24.6 Å². The smallest absolute Gasteiger partial charge is 0.341 e. The molecule has 2 heterocycles. The standard InChI is InChI=1S/C17H20F2N2O3S/c18-17(19)25(22,23)16-8-2-1-6-13(16)20-12-14(15-7-5-11-24-15)21-9-3-4-10-21/h1-2,5-8,11,14,17,20H,3-4,9-10,12H2. The molecular weight excluding hydrogens is 350 g/mol. The van der Waals surface area contributed by atoms with Crippen molar-refractivity contribution in [1.82, 2.24) is 4.90 Å². The van der Waals surface area contributed by atoms with E-state index in [-0.39, 0.29) is 16.6 Å². The SMILES string of the molecule is O=S(=O)(c1ccccc1NCC(c1ccco1)N1CCCC1)C(F)F. The molecule has 1 aromatic heterocycles. The van der Waals surface area contributed by atoms with Gasteiger partial charge in [-0.25, -0.2) is 8.42 Å². The summed E-state index contributed by atoms with van der Waals surface area (Å²) < 4.78 is 55.1. The fourth-order valence-electron chi connectivity index (χ4n) is 3.11. The molecule has 1 aliphatic heterocycles. The third-order valence-corrected chi connectivity index (χ3v) is 5.81. The molecule has 8 heteroatoms. The van der Waals surface area contributed by atoms with Crippen LogP contribution in [0.25, 0.3) is 0 Å². The average molecular weight is 370 g/mol. The molecule has 1 saturated heterocycles. The van der Waals surface area contributed by atoms with Gasteiger partial charge < -0.3 is 9.73 Å². The van der Waals surface area contributed by atoms with Crippen LogP contribution in [-0.2, 0) is 9.84 Å². The molecule has 0 spiro atoms. The zero-order chi connectivity index (χ0) is 17.9. The van der Waals surface area contributed by atoms with Gasteiger partial charge in [0.05, 0.1) is 22.9 Å². The second-order valence-electron chi connectivity index (χ2n) is 5.96. The number of benzene rings is 1. The van der Waals surface area contributed by atoms with E-state index in [4.69, 9.17) is 4.42 Å². The minimum atomic E-state index is -4.66. The van der Waals surface area contributed by atoms with Gasteiger partial charge in [0.2, 0.25) is 9.84 Å². The van der Waals surface area contributed by atoms with E-state index >= 15 is 0 Å². The number of nitrogens with one attached hydrogen (secondary N) is 1. The van der Waals surface area contributed by atoms with Crippen LogP contribution in [-0.4, -0.2) is 38.7 Å². The monoisotopic (exact) mass is 370 g/mol. The topological polar surface area (TPSA) is 62.6 Å². The summed E-state index contributed by atoms with van der Waals surface area (Å²) in [5.74, 6) is -2.68. The highest BCUT2D eigenvalue weighted by Crippen LogP contribution is 2.29. The van der Waals surface area contributed by atoms with Gasteiger partial charge in [0.25, 0.3) is 0 Å². The third-order valence-electron chi connectivity index (χ3n) is 4.37. The zero-order valence-corrected chi connectivity index (χ0v) is 14.4. The first kappa shape index (κ1) is 17.9. The highest BCUT2D eigenvalue weighted by atomic mass is 32.2. The molecule has 0 saturated carbocycles. The number of alkyl halides is 2. The molecule has 0 aliphatic carbocycles. The fourth-order valence-corrected chi connectivity index (χ4v) is 4.01. The molecule has 25 heavy (non-hydrogen) atoms. The van der Waals surface area contributed by atoms with E-state index in [9.17, 15) is 17.2 Å². The predicted octanol–water partition coefficient (Wildman–Crippen LogP) is 3.52. The van der Waals surface area contributed by atoms with Crippen LogP contribution in [0, 0.1) is 0 Å². The number of nitrogens with zero attached hydrogens (tertiary/aromatic N) is 1. The van der Waals surface area contributed by atoms with Crippen molar-refractivity contribution in [2.24, 2.45) is 0 Å². The number of anilines is 1. The van der Waals surface area contributed by atoms with Crippen LogP contribution >= 0.6 is 0 Å². The molecular formula is C17H20F2N2O3S. The van der Waals surface area contributed by atoms with E-state index in [1.54, 1.807) is 18.4 Å². The summed E-state index contributed by atoms with van der Waals surface area (Å²) in [6.45, 7) is 2.21. The van der Waals surface area contributed by atoms with Crippen molar-refractivity contribution in [2.75, 3.05) is 25.0 Å². The maximum Gasteiger partial charge on any atom is 0.341 e. The van der Waals surface area contributed by atoms with Crippen LogP contribution in [0.4, 0.5) is 14.5 Å². The van der Waals surface area contributed by atoms with Gasteiger partial charge in [0.15, 0.2) is 0 Å². The number of rotatable bonds is 7. The van der Waals surface area contributed by atoms with Gasteiger partial charge in [-0.1, -0.05) is 12.1 Å². The summed E-state index contributed by atoms with van der Waals surface area (Å²) in [6, 6.07) is 9.33. The third kappa shape index (κ3) is 3.85. The van der Waals surface area contributed by atoms with Crippen molar-refractivity contribution in [3.63, 3.8) is 0 Å². The second-order valence-corrected chi connectivity index (χ2v) is 7.84. The fraction of sp³-hybridized carbons (Fsp3) is 0.412. The lowest BCUT2D eigenvalue weighted by atomic mass is 10.2. The molecule has 1 unspecified atom stereocenters. The lowest BCUT2D eigenvalue weighted by Gasteiger charge is -2.26. The lowest BCUT2D eigenvalue weighted by molar-refractivity contribution is 0.225. The van der Waals surface area contributed by atoms with Crippen molar-refractivity contribution in [3.05, 3.63) is 48.4 Å². The quantitative estimate of drug-likeness (QED) is 0.808. The van der Waals surface area contributed by atoms with Crippen LogP contribution in [0.3, 0.4) is 0 Å². The summed E-state index contributed by atoms with van der Waals surface area (Å²) in [5, 5.41) is 3.03. The van der Waals surface area contributed by atoms with E-state index in [2.05, 4.69) is 10.2 Å². The van der Waals surface area contributed by atoms with Gasteiger partial charge in [-0.2, -0.15) is 8.78 Å². The summed E-state index contributed by atoms with van der Waals surface area (Å²) in [5.41, 5.74) is 0.179. The number of hydrogen-bond donors (Lipinski definition) is 1. The van der Waals surface area contributed by atoms with Gasteiger partial charge in [-0.05, 0) is 50.2 Å². The van der Waals surface area contributed by atoms with Crippen molar-refractivity contribution in [1.29, 1.82) is 0 Å². The van der Waals surface area contributed by atoms with Gasteiger partial charge in [-0.3, -0.25) is 4.90 Å². The lowest BCUT2D eigenvalue weighted by Crippen LogP contribution is -2.31. The predicted molar refractivity (Wildman–Crippen MR) is 90.4 cm³/mol. The van der Waals surface area contributed by atoms with Crippen molar-refractivity contribution >= 4 is 15.5 Å². The number of sulfone groups is 1. The number of likely N-dealkylation sites (tertiary alicyclic amines) is 1. The highest BCUT2D eigenvalue weighted by Gasteiger charge is 2.30. The minimum absolute atomic E-state index is 0.0835. The maximum absolute atomic E-state index is 12.9. The number of hydrogen-bond acceptors (Lipinski definition) is 5. The highest BCUT2D eigenvalue weighted by molar-refractivity contribution is 7.91. The van der Waals surface area contributed by atoms with Gasteiger partial charge in [-0.15, -0.1) is 0 Å². The first-order valence-corrected chi connectivity index (χ1v) is 9.67. The maximum atomic E-state index is 12.9. The molecule has 2 aromatic rings. The number of furan rings is 1. The zero-order valence-electron chi connectivity index (χ0n) is 13.6. The number of para-hydroxylation sites is 1. The van der Waals surface area contributed by atoms with E-state index in [0.717, 1.165) is 31.7 Å². The summed E-state index contributed by atoms with van der Waals surface area (Å²) >= 11 is 0. The summed E-state index contributed by atoms with van der Waals surface area (Å²) in [7, 11) is -4.66. The Bertz CT molecular complexity index is 788. The molecule has 136 valence electrons. The molecule has 0 radical (unpaired) electrons. The Morgan fingerprint density at radius 2 is 1.84 bits per heavy atom. The van der Waals surface area contributed by atoms with Gasteiger partial charge >= 0.3 is 5.76 Å². The summed E-state index contributed by atoms with van der Waals surface area (Å²) in [6.07, 6.45) is 3.77. The first-order chi connectivity index (χ1) is 12.0. The van der Waals surface area contributed by atoms with Crippen molar-refractivity contribution in [2.45, 2.75) is 29.5 Å². The Labute approximate surface area is 145 Å². The Hall–Kier alpha value is -1.93. The second kappa shape index (κ2) is 7.53. The van der Waals surface area contributed by atoms with Crippen LogP contribution in [0.15, 0.2) is 52.0 Å². The van der Waals surface area contributed by atoms with Crippen LogP contribution in [0.2, 0.25) is 0 Å².